The first-order valence-corrected chi connectivity index (χ1v) is 8.58. The fourth-order valence-electron chi connectivity index (χ4n) is 2.90. The van der Waals surface area contributed by atoms with E-state index in [9.17, 15) is 0 Å². The molecule has 0 spiro atoms. The number of rotatable bonds is 5. The molecule has 3 aromatic rings. The molecule has 2 heterocycles. The minimum absolute atomic E-state index is 0. The average Bonchev–Trinajstić information content (AvgIpc) is 3.14. The first-order chi connectivity index (χ1) is 12.1. The van der Waals surface area contributed by atoms with E-state index in [0.29, 0.717) is 0 Å². The van der Waals surface area contributed by atoms with Gasteiger partial charge in [0, 0.05) is 46.1 Å². The summed E-state index contributed by atoms with van der Waals surface area (Å²) in [5.41, 5.74) is 3.30. The molecule has 0 saturated heterocycles. The summed E-state index contributed by atoms with van der Waals surface area (Å²) in [5, 5.41) is 4.15. The van der Waals surface area contributed by atoms with Gasteiger partial charge < -0.3 is 19.4 Å². The molecule has 3 rings (SSSR count). The Balaban J connectivity index is 0.00000243. The molecule has 0 fully saturated rings. The van der Waals surface area contributed by atoms with Gasteiger partial charge in [-0.3, -0.25) is 4.99 Å². The van der Waals surface area contributed by atoms with Crippen molar-refractivity contribution in [3.05, 3.63) is 53.6 Å². The lowest BCUT2D eigenvalue weighted by atomic mass is 10.3. The maximum atomic E-state index is 6.06. The third-order valence-corrected chi connectivity index (χ3v) is 4.42. The van der Waals surface area contributed by atoms with Crippen LogP contribution in [0.1, 0.15) is 5.69 Å². The Bertz CT molecular complexity index is 885. The molecule has 0 saturated carbocycles. The lowest BCUT2D eigenvalue weighted by Gasteiger charge is -2.22. The van der Waals surface area contributed by atoms with Gasteiger partial charge in [-0.1, -0.05) is 23.7 Å². The number of halogens is 2. The zero-order valence-electron chi connectivity index (χ0n) is 15.2. The molecule has 6 nitrogen and oxygen atoms in total. The zero-order valence-corrected chi connectivity index (χ0v) is 18.3. The van der Waals surface area contributed by atoms with Crippen molar-refractivity contribution in [2.24, 2.45) is 12.0 Å². The summed E-state index contributed by atoms with van der Waals surface area (Å²) in [6.45, 7) is 2.32. The van der Waals surface area contributed by atoms with E-state index in [0.717, 1.165) is 47.3 Å². The summed E-state index contributed by atoms with van der Waals surface area (Å²) >= 11 is 6.06. The average molecular weight is 487 g/mol. The predicted octanol–water partition coefficient (Wildman–Crippen LogP) is 3.35. The SMILES string of the molecule is CN=C(NCCn1cnc2ccccc21)N(C)Cc1cc(Cl)cn1C.I. The molecule has 0 amide bonds. The molecule has 1 aromatic carbocycles. The molecule has 0 atom stereocenters. The molecule has 0 bridgehead atoms. The molecule has 0 aliphatic heterocycles. The second-order valence-corrected chi connectivity index (χ2v) is 6.45. The second-order valence-electron chi connectivity index (χ2n) is 6.02. The number of benzene rings is 1. The molecule has 8 heteroatoms. The Morgan fingerprint density at radius 2 is 2.12 bits per heavy atom. The highest BCUT2D eigenvalue weighted by atomic mass is 127. The number of hydrogen-bond donors (Lipinski definition) is 1. The molecule has 26 heavy (non-hydrogen) atoms. The van der Waals surface area contributed by atoms with Crippen molar-refractivity contribution in [1.82, 2.24) is 24.3 Å². The minimum Gasteiger partial charge on any atom is -0.354 e. The van der Waals surface area contributed by atoms with Gasteiger partial charge in [0.1, 0.15) is 0 Å². The Kier molecular flexibility index (Phi) is 7.33. The van der Waals surface area contributed by atoms with E-state index >= 15 is 0 Å². The number of fused-ring (bicyclic) bond motifs is 1. The monoisotopic (exact) mass is 486 g/mol. The van der Waals surface area contributed by atoms with Crippen molar-refractivity contribution in [1.29, 1.82) is 0 Å². The summed E-state index contributed by atoms with van der Waals surface area (Å²) in [5.74, 6) is 0.849. The largest absolute Gasteiger partial charge is 0.354 e. The number of aromatic nitrogens is 3. The van der Waals surface area contributed by atoms with Gasteiger partial charge in [-0.05, 0) is 18.2 Å². The van der Waals surface area contributed by atoms with Gasteiger partial charge in [0.25, 0.3) is 0 Å². The van der Waals surface area contributed by atoms with Crippen molar-refractivity contribution in [2.45, 2.75) is 13.1 Å². The Morgan fingerprint density at radius 3 is 2.81 bits per heavy atom. The number of imidazole rings is 1. The van der Waals surface area contributed by atoms with Gasteiger partial charge >= 0.3 is 0 Å². The first-order valence-electron chi connectivity index (χ1n) is 8.21. The van der Waals surface area contributed by atoms with E-state index in [1.165, 1.54) is 0 Å². The molecular formula is C18H24ClIN6. The number of hydrogen-bond acceptors (Lipinski definition) is 2. The number of nitrogens with one attached hydrogen (secondary N) is 1. The smallest absolute Gasteiger partial charge is 0.193 e. The lowest BCUT2D eigenvalue weighted by molar-refractivity contribution is 0.459. The van der Waals surface area contributed by atoms with Crippen molar-refractivity contribution in [3.8, 4) is 0 Å². The fraction of sp³-hybridized carbons (Fsp3) is 0.333. The summed E-state index contributed by atoms with van der Waals surface area (Å²) in [6, 6.07) is 10.1. The van der Waals surface area contributed by atoms with Gasteiger partial charge in [0.05, 0.1) is 28.9 Å². The standard InChI is InChI=1S/C18H23ClN6.HI/c1-20-18(24(3)12-15-10-14(19)11-23(15)2)21-8-9-25-13-22-16-6-4-5-7-17(16)25;/h4-7,10-11,13H,8-9,12H2,1-3H3,(H,20,21);1H. The maximum absolute atomic E-state index is 6.06. The molecular weight excluding hydrogens is 463 g/mol. The number of guanidine groups is 1. The number of aryl methyl sites for hydroxylation is 1. The van der Waals surface area contributed by atoms with Crippen LogP contribution in [-0.2, 0) is 20.1 Å². The Morgan fingerprint density at radius 1 is 1.35 bits per heavy atom. The molecule has 1 N–H and O–H groups in total. The van der Waals surface area contributed by atoms with E-state index in [-0.39, 0.29) is 24.0 Å². The van der Waals surface area contributed by atoms with Crippen LogP contribution in [0.4, 0.5) is 0 Å². The van der Waals surface area contributed by atoms with Crippen LogP contribution in [0.2, 0.25) is 5.02 Å². The summed E-state index contributed by atoms with van der Waals surface area (Å²) < 4.78 is 4.18. The highest BCUT2D eigenvalue weighted by Crippen LogP contribution is 2.14. The van der Waals surface area contributed by atoms with Crippen LogP contribution in [-0.4, -0.2) is 45.6 Å². The second kappa shape index (κ2) is 9.27. The summed E-state index contributed by atoms with van der Waals surface area (Å²) in [6.07, 6.45) is 3.79. The predicted molar refractivity (Wildman–Crippen MR) is 118 cm³/mol. The van der Waals surface area contributed by atoms with E-state index in [1.54, 1.807) is 7.05 Å². The summed E-state index contributed by atoms with van der Waals surface area (Å²) in [4.78, 5) is 10.9. The van der Waals surface area contributed by atoms with Gasteiger partial charge in [-0.25, -0.2) is 4.98 Å². The number of aliphatic imine (C=N–C) groups is 1. The molecule has 0 aliphatic carbocycles. The van der Waals surface area contributed by atoms with E-state index in [2.05, 4.69) is 30.8 Å². The topological polar surface area (TPSA) is 50.4 Å². The van der Waals surface area contributed by atoms with Crippen molar-refractivity contribution < 1.29 is 0 Å². The van der Waals surface area contributed by atoms with E-state index in [4.69, 9.17) is 11.6 Å². The van der Waals surface area contributed by atoms with Crippen LogP contribution < -0.4 is 5.32 Å². The molecule has 0 aliphatic rings. The zero-order chi connectivity index (χ0) is 17.8. The van der Waals surface area contributed by atoms with Gasteiger partial charge in [0.2, 0.25) is 0 Å². The van der Waals surface area contributed by atoms with Gasteiger partial charge in [-0.2, -0.15) is 0 Å². The molecule has 0 unspecified atom stereocenters. The van der Waals surface area contributed by atoms with Crippen LogP contribution in [0, 0.1) is 0 Å². The van der Waals surface area contributed by atoms with Gasteiger partial charge in [-0.15, -0.1) is 24.0 Å². The number of nitrogens with zero attached hydrogens (tertiary/aromatic N) is 5. The van der Waals surface area contributed by atoms with E-state index in [1.807, 2.05) is 55.5 Å². The molecule has 0 radical (unpaired) electrons. The minimum atomic E-state index is 0. The number of para-hydroxylation sites is 2. The Hall–Kier alpha value is -1.74. The van der Waals surface area contributed by atoms with Crippen LogP contribution in [0.25, 0.3) is 11.0 Å². The van der Waals surface area contributed by atoms with E-state index < -0.39 is 0 Å². The highest BCUT2D eigenvalue weighted by Gasteiger charge is 2.10. The van der Waals surface area contributed by atoms with Crippen LogP contribution in [0.15, 0.2) is 47.8 Å². The van der Waals surface area contributed by atoms with Gasteiger partial charge in [0.15, 0.2) is 5.96 Å². The molecule has 140 valence electrons. The third-order valence-electron chi connectivity index (χ3n) is 4.21. The third kappa shape index (κ3) is 4.70. The Labute approximate surface area is 175 Å². The first kappa shape index (κ1) is 20.6. The quantitative estimate of drug-likeness (QED) is 0.342. The van der Waals surface area contributed by atoms with Crippen molar-refractivity contribution in [2.75, 3.05) is 20.6 Å². The van der Waals surface area contributed by atoms with Crippen LogP contribution in [0.5, 0.6) is 0 Å². The highest BCUT2D eigenvalue weighted by molar-refractivity contribution is 14.0. The molecule has 2 aromatic heterocycles. The van der Waals surface area contributed by atoms with Crippen molar-refractivity contribution >= 4 is 52.6 Å². The fourth-order valence-corrected chi connectivity index (χ4v) is 3.17. The maximum Gasteiger partial charge on any atom is 0.193 e. The normalized spacial score (nSPS) is 11.5. The summed E-state index contributed by atoms with van der Waals surface area (Å²) in [7, 11) is 5.81. The van der Waals surface area contributed by atoms with Crippen LogP contribution >= 0.6 is 35.6 Å². The van der Waals surface area contributed by atoms with Crippen molar-refractivity contribution in [3.63, 3.8) is 0 Å². The van der Waals surface area contributed by atoms with Crippen LogP contribution in [0.3, 0.4) is 0 Å². The lowest BCUT2D eigenvalue weighted by Crippen LogP contribution is -2.40.